The molecule has 2 atom stereocenters. The number of amides is 1. The number of carbonyl (C=O) groups is 1. The Hall–Kier alpha value is -2.54. The van der Waals surface area contributed by atoms with Crippen LogP contribution in [0, 0.1) is 0 Å². The minimum absolute atomic E-state index is 0.0219. The van der Waals surface area contributed by atoms with E-state index in [9.17, 15) is 4.79 Å². The number of hydrogen-bond donors (Lipinski definition) is 0. The molecule has 124 valence electrons. The standard InChI is InChI=1S/C17H18N4O3/c22-15(13-2-7-18-8-3-13)21-9-4-17(12-21)10-14(11-23-17)24-16-19-5-1-6-20-16/h1-3,5-8,14H,4,9-12H2/t14-,17+/m0/s1. The van der Waals surface area contributed by atoms with Crippen molar-refractivity contribution in [3.63, 3.8) is 0 Å². The number of carbonyl (C=O) groups excluding carboxylic acids is 1. The molecule has 0 radical (unpaired) electrons. The zero-order valence-electron chi connectivity index (χ0n) is 13.2. The highest BCUT2D eigenvalue weighted by atomic mass is 16.6. The molecule has 0 aromatic carbocycles. The molecule has 0 bridgehead atoms. The molecule has 0 aliphatic carbocycles. The Labute approximate surface area is 139 Å². The minimum Gasteiger partial charge on any atom is -0.458 e. The van der Waals surface area contributed by atoms with E-state index in [4.69, 9.17) is 9.47 Å². The summed E-state index contributed by atoms with van der Waals surface area (Å²) >= 11 is 0. The molecule has 24 heavy (non-hydrogen) atoms. The number of pyridine rings is 1. The monoisotopic (exact) mass is 326 g/mol. The van der Waals surface area contributed by atoms with Crippen molar-refractivity contribution in [2.75, 3.05) is 19.7 Å². The SMILES string of the molecule is O=C(c1ccncc1)N1CC[C@@]2(C[C@H](Oc3ncccn3)CO2)C1. The van der Waals surface area contributed by atoms with Gasteiger partial charge in [-0.15, -0.1) is 0 Å². The highest BCUT2D eigenvalue weighted by molar-refractivity contribution is 5.94. The van der Waals surface area contributed by atoms with Gasteiger partial charge in [0, 0.05) is 43.3 Å². The van der Waals surface area contributed by atoms with Crippen molar-refractivity contribution in [2.24, 2.45) is 0 Å². The molecular weight excluding hydrogens is 308 g/mol. The number of aromatic nitrogens is 3. The van der Waals surface area contributed by atoms with E-state index in [0.717, 1.165) is 12.8 Å². The maximum absolute atomic E-state index is 12.6. The van der Waals surface area contributed by atoms with Gasteiger partial charge in [-0.2, -0.15) is 0 Å². The molecule has 1 spiro atoms. The van der Waals surface area contributed by atoms with Crippen LogP contribution < -0.4 is 4.74 Å². The highest BCUT2D eigenvalue weighted by Gasteiger charge is 2.47. The third-order valence-electron chi connectivity index (χ3n) is 4.52. The van der Waals surface area contributed by atoms with Crippen molar-refractivity contribution >= 4 is 5.91 Å². The van der Waals surface area contributed by atoms with Crippen LogP contribution in [0.1, 0.15) is 23.2 Å². The molecule has 0 N–H and O–H groups in total. The van der Waals surface area contributed by atoms with Gasteiger partial charge in [0.15, 0.2) is 0 Å². The molecule has 2 aromatic rings. The first-order valence-corrected chi connectivity index (χ1v) is 8.01. The summed E-state index contributed by atoms with van der Waals surface area (Å²) in [4.78, 5) is 26.5. The van der Waals surface area contributed by atoms with Crippen molar-refractivity contribution < 1.29 is 14.3 Å². The third kappa shape index (κ3) is 2.94. The van der Waals surface area contributed by atoms with Crippen LogP contribution in [-0.2, 0) is 4.74 Å². The molecule has 7 nitrogen and oxygen atoms in total. The van der Waals surface area contributed by atoms with Crippen molar-refractivity contribution in [1.29, 1.82) is 0 Å². The summed E-state index contributed by atoms with van der Waals surface area (Å²) in [6, 6.07) is 5.59. The van der Waals surface area contributed by atoms with E-state index in [1.807, 2.05) is 4.90 Å². The second-order valence-corrected chi connectivity index (χ2v) is 6.18. The second-order valence-electron chi connectivity index (χ2n) is 6.18. The molecule has 2 aliphatic rings. The van der Waals surface area contributed by atoms with Gasteiger partial charge >= 0.3 is 6.01 Å². The molecule has 7 heteroatoms. The average molecular weight is 326 g/mol. The quantitative estimate of drug-likeness (QED) is 0.847. The van der Waals surface area contributed by atoms with Crippen molar-refractivity contribution in [3.8, 4) is 6.01 Å². The molecule has 2 fully saturated rings. The lowest BCUT2D eigenvalue weighted by atomic mass is 9.98. The first kappa shape index (κ1) is 15.0. The molecular formula is C17H18N4O3. The van der Waals surface area contributed by atoms with Crippen LogP contribution in [0.15, 0.2) is 43.0 Å². The molecule has 4 rings (SSSR count). The fourth-order valence-corrected chi connectivity index (χ4v) is 3.35. The molecule has 2 aliphatic heterocycles. The van der Waals surface area contributed by atoms with E-state index >= 15 is 0 Å². The van der Waals surface area contributed by atoms with Crippen molar-refractivity contribution in [1.82, 2.24) is 19.9 Å². The summed E-state index contributed by atoms with van der Waals surface area (Å²) in [5.74, 6) is 0.0219. The first-order chi connectivity index (χ1) is 11.7. The lowest BCUT2D eigenvalue weighted by Crippen LogP contribution is -2.36. The normalized spacial score (nSPS) is 26.0. The Morgan fingerprint density at radius 3 is 2.83 bits per heavy atom. The number of rotatable bonds is 3. The Morgan fingerprint density at radius 1 is 1.25 bits per heavy atom. The maximum atomic E-state index is 12.6. The van der Waals surface area contributed by atoms with Gasteiger partial charge in [0.2, 0.25) is 0 Å². The van der Waals surface area contributed by atoms with E-state index in [2.05, 4.69) is 15.0 Å². The van der Waals surface area contributed by atoms with Crippen molar-refractivity contribution in [3.05, 3.63) is 48.5 Å². The topological polar surface area (TPSA) is 77.4 Å². The van der Waals surface area contributed by atoms with Crippen LogP contribution in [0.2, 0.25) is 0 Å². The molecule has 1 amide bonds. The molecule has 2 aromatic heterocycles. The van der Waals surface area contributed by atoms with Crippen LogP contribution in [0.3, 0.4) is 0 Å². The van der Waals surface area contributed by atoms with Crippen molar-refractivity contribution in [2.45, 2.75) is 24.5 Å². The van der Waals surface area contributed by atoms with Crippen LogP contribution >= 0.6 is 0 Å². The number of likely N-dealkylation sites (tertiary alicyclic amines) is 1. The van der Waals surface area contributed by atoms with Gasteiger partial charge in [-0.25, -0.2) is 9.97 Å². The number of ether oxygens (including phenoxy) is 2. The second kappa shape index (κ2) is 6.16. The lowest BCUT2D eigenvalue weighted by molar-refractivity contribution is 0.00973. The third-order valence-corrected chi connectivity index (χ3v) is 4.52. The zero-order chi connectivity index (χ0) is 16.4. The van der Waals surface area contributed by atoms with Crippen LogP contribution in [0.25, 0.3) is 0 Å². The lowest BCUT2D eigenvalue weighted by Gasteiger charge is -2.23. The van der Waals surface area contributed by atoms with E-state index in [1.54, 1.807) is 43.0 Å². The van der Waals surface area contributed by atoms with Gasteiger partial charge in [0.05, 0.1) is 18.8 Å². The Kier molecular flexibility index (Phi) is 3.86. The highest BCUT2D eigenvalue weighted by Crippen LogP contribution is 2.36. The zero-order valence-corrected chi connectivity index (χ0v) is 13.2. The Bertz CT molecular complexity index is 712. The average Bonchev–Trinajstić information content (AvgIpc) is 3.23. The summed E-state index contributed by atoms with van der Waals surface area (Å²) in [5, 5.41) is 0. The molecule has 2 saturated heterocycles. The van der Waals surface area contributed by atoms with Crippen LogP contribution in [0.4, 0.5) is 0 Å². The summed E-state index contributed by atoms with van der Waals surface area (Å²) < 4.78 is 11.8. The predicted molar refractivity (Wildman–Crippen MR) is 84.5 cm³/mol. The van der Waals surface area contributed by atoms with E-state index in [1.165, 1.54) is 0 Å². The van der Waals surface area contributed by atoms with Gasteiger partial charge in [-0.1, -0.05) is 0 Å². The molecule has 0 saturated carbocycles. The predicted octanol–water partition coefficient (Wildman–Crippen LogP) is 1.32. The van der Waals surface area contributed by atoms with Crippen LogP contribution in [-0.4, -0.2) is 57.2 Å². The minimum atomic E-state index is -0.317. The Morgan fingerprint density at radius 2 is 2.04 bits per heavy atom. The fourth-order valence-electron chi connectivity index (χ4n) is 3.35. The summed E-state index contributed by atoms with van der Waals surface area (Å²) in [6.45, 7) is 1.77. The van der Waals surface area contributed by atoms with E-state index in [-0.39, 0.29) is 17.6 Å². The van der Waals surface area contributed by atoms with Gasteiger partial charge in [-0.3, -0.25) is 9.78 Å². The summed E-state index contributed by atoms with van der Waals surface area (Å²) in [5.41, 5.74) is 0.341. The molecule has 0 unspecified atom stereocenters. The molecule has 4 heterocycles. The first-order valence-electron chi connectivity index (χ1n) is 8.01. The largest absolute Gasteiger partial charge is 0.458 e. The summed E-state index contributed by atoms with van der Waals surface area (Å²) in [6.07, 6.45) is 8.05. The maximum Gasteiger partial charge on any atom is 0.316 e. The van der Waals surface area contributed by atoms with E-state index < -0.39 is 0 Å². The summed E-state index contributed by atoms with van der Waals surface area (Å²) in [7, 11) is 0. The number of nitrogens with zero attached hydrogens (tertiary/aromatic N) is 4. The van der Waals surface area contributed by atoms with Gasteiger partial charge < -0.3 is 14.4 Å². The van der Waals surface area contributed by atoms with Crippen LogP contribution in [0.5, 0.6) is 6.01 Å². The van der Waals surface area contributed by atoms with Gasteiger partial charge in [0.25, 0.3) is 5.91 Å². The number of hydrogen-bond acceptors (Lipinski definition) is 6. The van der Waals surface area contributed by atoms with Gasteiger partial charge in [0.1, 0.15) is 6.10 Å². The van der Waals surface area contributed by atoms with Gasteiger partial charge in [-0.05, 0) is 24.6 Å². The Balaban J connectivity index is 1.39. The smallest absolute Gasteiger partial charge is 0.316 e. The van der Waals surface area contributed by atoms with E-state index in [0.29, 0.717) is 31.3 Å². The fraction of sp³-hybridized carbons (Fsp3) is 0.412.